The van der Waals surface area contributed by atoms with Gasteiger partial charge in [0, 0.05) is 30.8 Å². The number of fused-ring (bicyclic) bond motifs is 2. The number of amides is 1. The number of benzene rings is 1. The lowest BCUT2D eigenvalue weighted by molar-refractivity contribution is -0.0544. The molecule has 3 atom stereocenters. The number of halogens is 6. The Hall–Kier alpha value is -2.88. The van der Waals surface area contributed by atoms with Crippen molar-refractivity contribution in [2.24, 2.45) is 0 Å². The van der Waals surface area contributed by atoms with Gasteiger partial charge in [-0.15, -0.1) is 0 Å². The minimum Gasteiger partial charge on any atom is -0.377 e. The van der Waals surface area contributed by atoms with Crippen LogP contribution in [0.15, 0.2) is 35.4 Å². The fourth-order valence-corrected chi connectivity index (χ4v) is 6.10. The van der Waals surface area contributed by atoms with Gasteiger partial charge >= 0.3 is 10.2 Å². The minimum absolute atomic E-state index is 0.106. The van der Waals surface area contributed by atoms with E-state index in [-0.39, 0.29) is 55.0 Å². The lowest BCUT2D eigenvalue weighted by Gasteiger charge is -2.40. The number of aromatic amines is 1. The Kier molecular flexibility index (Phi) is 5.78. The van der Waals surface area contributed by atoms with Gasteiger partial charge in [0.2, 0.25) is 0 Å². The van der Waals surface area contributed by atoms with E-state index in [2.05, 4.69) is 20.3 Å². The van der Waals surface area contributed by atoms with Crippen molar-refractivity contribution in [1.82, 2.24) is 25.2 Å². The quantitative estimate of drug-likeness (QED) is 0.414. The third-order valence-electron chi connectivity index (χ3n) is 7.50. The summed E-state index contributed by atoms with van der Waals surface area (Å²) in [6.45, 7) is 1.96. The number of H-pyrrole nitrogens is 1. The number of likely N-dealkylation sites (tertiary alicyclic amines) is 1. The summed E-state index contributed by atoms with van der Waals surface area (Å²) in [5.41, 5.74) is 1.04. The van der Waals surface area contributed by atoms with Crippen LogP contribution < -0.4 is 5.32 Å². The fraction of sp³-hybridized carbons (Fsp3) is 0.458. The van der Waals surface area contributed by atoms with Crippen molar-refractivity contribution in [3.8, 4) is 0 Å². The monoisotopic (exact) mass is 577 g/mol. The number of hydrogen-bond acceptors (Lipinski definition) is 6. The number of morpholine rings is 1. The number of rotatable bonds is 4. The zero-order valence-electron chi connectivity index (χ0n) is 20.4. The van der Waals surface area contributed by atoms with Gasteiger partial charge in [-0.05, 0) is 43.0 Å². The Morgan fingerprint density at radius 2 is 1.77 bits per heavy atom. The molecule has 0 spiro atoms. The third kappa shape index (κ3) is 5.08. The Morgan fingerprint density at radius 1 is 1.05 bits per heavy atom. The molecule has 3 aromatic rings. The highest BCUT2D eigenvalue weighted by Crippen LogP contribution is 3.02. The molecule has 0 bridgehead atoms. The maximum atomic E-state index is 15.0. The number of carbonyl (C=O) groups excluding carboxylic acids is 1. The number of piperidine rings is 1. The summed E-state index contributed by atoms with van der Waals surface area (Å²) in [7, 11) is -9.82. The first kappa shape index (κ1) is 26.3. The molecule has 3 aliphatic heterocycles. The van der Waals surface area contributed by atoms with Crippen LogP contribution in [0.2, 0.25) is 0 Å². The molecule has 0 saturated carbocycles. The summed E-state index contributed by atoms with van der Waals surface area (Å²) < 4.78 is 91.5. The number of imidazole rings is 1. The first-order chi connectivity index (χ1) is 18.3. The summed E-state index contributed by atoms with van der Waals surface area (Å²) in [5.74, 6) is -0.876. The Morgan fingerprint density at radius 3 is 2.46 bits per heavy atom. The first-order valence-electron chi connectivity index (χ1n) is 12.4. The van der Waals surface area contributed by atoms with Crippen LogP contribution in [0.25, 0.3) is 11.2 Å². The number of hydrogen-bond donors (Lipinski definition) is 2. The van der Waals surface area contributed by atoms with Gasteiger partial charge in [0.05, 0.1) is 31.6 Å². The maximum absolute atomic E-state index is 15.0. The van der Waals surface area contributed by atoms with Gasteiger partial charge in [-0.25, -0.2) is 14.4 Å². The van der Waals surface area contributed by atoms with E-state index in [0.29, 0.717) is 55.2 Å². The van der Waals surface area contributed by atoms with Crippen LogP contribution in [-0.2, 0) is 9.47 Å². The molecule has 0 radical (unpaired) electrons. The summed E-state index contributed by atoms with van der Waals surface area (Å²) in [6.07, 6.45) is 1.37. The lowest BCUT2D eigenvalue weighted by atomic mass is 9.88. The predicted octanol–water partition coefficient (Wildman–Crippen LogP) is 5.20. The Balaban J connectivity index is 1.17. The van der Waals surface area contributed by atoms with Crippen molar-refractivity contribution in [2.45, 2.75) is 41.9 Å². The molecule has 2 aromatic heterocycles. The van der Waals surface area contributed by atoms with Crippen molar-refractivity contribution in [1.29, 1.82) is 0 Å². The first-order valence-corrected chi connectivity index (χ1v) is 14.4. The molecule has 5 heterocycles. The second-order valence-corrected chi connectivity index (χ2v) is 12.5. The number of nitrogens with one attached hydrogen (secondary N) is 2. The van der Waals surface area contributed by atoms with E-state index in [1.54, 1.807) is 0 Å². The van der Waals surface area contributed by atoms with E-state index < -0.39 is 26.8 Å². The van der Waals surface area contributed by atoms with Crippen LogP contribution in [0.5, 0.6) is 0 Å². The highest BCUT2D eigenvalue weighted by Gasteiger charge is 2.65. The van der Waals surface area contributed by atoms with Crippen molar-refractivity contribution in [3.05, 3.63) is 53.2 Å². The molecule has 3 fully saturated rings. The van der Waals surface area contributed by atoms with Crippen LogP contribution in [-0.4, -0.2) is 70.8 Å². The molecule has 1 aromatic carbocycles. The molecular weight excluding hydrogens is 552 g/mol. The number of ether oxygens (including phenoxy) is 2. The predicted molar refractivity (Wildman–Crippen MR) is 130 cm³/mol. The second-order valence-electron chi connectivity index (χ2n) is 10.1. The molecule has 39 heavy (non-hydrogen) atoms. The number of aromatic nitrogens is 3. The zero-order valence-corrected chi connectivity index (χ0v) is 21.2. The number of carbonyl (C=O) groups is 1. The standard InChI is InChI=1S/C24H25F6N5O3S/c25-16-9-32-23-21(33-22(34-23)18-10-31-17-11-37-12-19(17)38-18)20(16)13-5-7-35(8-6-13)24(36)14-1-3-15(4-2-14)39(26,27,28,29)30/h1-4,9,13,17-19,31H,5-8,10-12H2,(H,32,33,34). The highest BCUT2D eigenvalue weighted by atomic mass is 32.5. The van der Waals surface area contributed by atoms with Crippen LogP contribution >= 0.6 is 10.2 Å². The van der Waals surface area contributed by atoms with Crippen molar-refractivity contribution in [3.63, 3.8) is 0 Å². The van der Waals surface area contributed by atoms with E-state index in [0.717, 1.165) is 18.3 Å². The maximum Gasteiger partial charge on any atom is 0.310 e. The molecular formula is C24H25F6N5O3S. The second kappa shape index (κ2) is 8.56. The molecule has 3 unspecified atom stereocenters. The van der Waals surface area contributed by atoms with Gasteiger partial charge in [-0.1, -0.05) is 19.4 Å². The van der Waals surface area contributed by atoms with E-state index in [4.69, 9.17) is 9.47 Å². The average molecular weight is 578 g/mol. The minimum atomic E-state index is -9.82. The van der Waals surface area contributed by atoms with E-state index in [1.165, 1.54) is 4.90 Å². The lowest BCUT2D eigenvalue weighted by Crippen LogP contribution is -2.48. The summed E-state index contributed by atoms with van der Waals surface area (Å²) in [4.78, 5) is 24.1. The van der Waals surface area contributed by atoms with Gasteiger partial charge in [0.1, 0.15) is 28.2 Å². The Labute approximate surface area is 218 Å². The SMILES string of the molecule is O=C(c1ccc(S(F)(F)(F)(F)F)cc1)N1CCC(c2c(F)cnc3[nH]c(C4CNC5COCC5O4)nc23)CC1. The smallest absolute Gasteiger partial charge is 0.310 e. The highest BCUT2D eigenvalue weighted by molar-refractivity contribution is 8.45. The molecule has 1 amide bonds. The van der Waals surface area contributed by atoms with E-state index >= 15 is 4.39 Å². The van der Waals surface area contributed by atoms with Crippen LogP contribution in [0.4, 0.5) is 23.8 Å². The third-order valence-corrected chi connectivity index (χ3v) is 8.66. The molecule has 6 rings (SSSR count). The molecule has 2 N–H and O–H groups in total. The Bertz CT molecular complexity index is 1430. The van der Waals surface area contributed by atoms with E-state index in [1.807, 2.05) is 0 Å². The van der Waals surface area contributed by atoms with Gasteiger partial charge < -0.3 is 24.7 Å². The summed E-state index contributed by atoms with van der Waals surface area (Å²) >= 11 is 0. The van der Waals surface area contributed by atoms with Gasteiger partial charge in [0.25, 0.3) is 5.91 Å². The summed E-state index contributed by atoms with van der Waals surface area (Å²) in [6, 6.07) is 2.08. The van der Waals surface area contributed by atoms with Crippen molar-refractivity contribution in [2.75, 3.05) is 32.8 Å². The molecule has 15 heteroatoms. The summed E-state index contributed by atoms with van der Waals surface area (Å²) in [5, 5.41) is 3.37. The molecule has 3 aliphatic rings. The largest absolute Gasteiger partial charge is 0.377 e. The zero-order chi connectivity index (χ0) is 27.6. The fourth-order valence-electron chi connectivity index (χ4n) is 5.45. The molecule has 3 saturated heterocycles. The van der Waals surface area contributed by atoms with Gasteiger partial charge in [0.15, 0.2) is 5.65 Å². The van der Waals surface area contributed by atoms with E-state index in [9.17, 15) is 24.2 Å². The number of nitrogens with zero attached hydrogens (tertiary/aromatic N) is 3. The van der Waals surface area contributed by atoms with Gasteiger partial charge in [-0.2, -0.15) is 0 Å². The molecule has 8 nitrogen and oxygen atoms in total. The molecule has 212 valence electrons. The van der Waals surface area contributed by atoms with Gasteiger partial charge in [-0.3, -0.25) is 4.79 Å². The van der Waals surface area contributed by atoms with Crippen molar-refractivity contribution < 1.29 is 38.1 Å². The van der Waals surface area contributed by atoms with Crippen LogP contribution in [0.3, 0.4) is 0 Å². The molecule has 0 aliphatic carbocycles. The average Bonchev–Trinajstić information content (AvgIpc) is 3.54. The van der Waals surface area contributed by atoms with Crippen LogP contribution in [0, 0.1) is 5.82 Å². The normalized spacial score (nSPS) is 26.3. The number of pyridine rings is 1. The topological polar surface area (TPSA) is 92.4 Å². The van der Waals surface area contributed by atoms with Crippen LogP contribution in [0.1, 0.15) is 46.6 Å². The van der Waals surface area contributed by atoms with Crippen molar-refractivity contribution >= 4 is 27.3 Å².